The van der Waals surface area contributed by atoms with Crippen LogP contribution in [0.4, 0.5) is 4.39 Å². The molecule has 0 bridgehead atoms. The van der Waals surface area contributed by atoms with Gasteiger partial charge in [-0.15, -0.1) is 0 Å². The normalized spacial score (nSPS) is 20.1. The zero-order chi connectivity index (χ0) is 14.1. The van der Waals surface area contributed by atoms with E-state index in [0.717, 1.165) is 25.7 Å². The molecule has 0 saturated heterocycles. The van der Waals surface area contributed by atoms with E-state index in [2.05, 4.69) is 13.8 Å². The molecule has 0 aliphatic heterocycles. The Balaban J connectivity index is 2.21. The van der Waals surface area contributed by atoms with Gasteiger partial charge in [0.1, 0.15) is 5.82 Å². The zero-order valence-electron chi connectivity index (χ0n) is 11.8. The van der Waals surface area contributed by atoms with Gasteiger partial charge in [-0.1, -0.05) is 50.4 Å². The first-order chi connectivity index (χ1) is 8.96. The van der Waals surface area contributed by atoms with E-state index in [1.54, 1.807) is 18.2 Å². The number of nitrogens with two attached hydrogens (primary N) is 1. The van der Waals surface area contributed by atoms with Gasteiger partial charge >= 0.3 is 0 Å². The van der Waals surface area contributed by atoms with Crippen LogP contribution in [0.25, 0.3) is 0 Å². The lowest BCUT2D eigenvalue weighted by Crippen LogP contribution is -2.56. The average molecular weight is 284 g/mol. The van der Waals surface area contributed by atoms with E-state index in [0.29, 0.717) is 11.0 Å². The topological polar surface area (TPSA) is 26.0 Å². The highest BCUT2D eigenvalue weighted by Gasteiger charge is 2.52. The van der Waals surface area contributed by atoms with Crippen LogP contribution in [-0.4, -0.2) is 0 Å². The van der Waals surface area contributed by atoms with Crippen molar-refractivity contribution in [1.29, 1.82) is 0 Å². The molecular formula is C16H23ClFN. The van der Waals surface area contributed by atoms with Gasteiger partial charge in [-0.25, -0.2) is 4.39 Å². The molecule has 1 aromatic rings. The van der Waals surface area contributed by atoms with Gasteiger partial charge in [0, 0.05) is 11.1 Å². The van der Waals surface area contributed by atoms with E-state index < -0.39 is 5.54 Å². The molecule has 19 heavy (non-hydrogen) atoms. The van der Waals surface area contributed by atoms with E-state index in [1.165, 1.54) is 12.8 Å². The third kappa shape index (κ3) is 2.66. The molecule has 1 fully saturated rings. The van der Waals surface area contributed by atoms with Gasteiger partial charge in [-0.2, -0.15) is 0 Å². The van der Waals surface area contributed by atoms with E-state index in [9.17, 15) is 4.39 Å². The van der Waals surface area contributed by atoms with Gasteiger partial charge in [-0.05, 0) is 37.2 Å². The van der Waals surface area contributed by atoms with Gasteiger partial charge in [-0.3, -0.25) is 0 Å². The van der Waals surface area contributed by atoms with Crippen LogP contribution in [-0.2, 0) is 5.54 Å². The minimum absolute atomic E-state index is 0.172. The Morgan fingerprint density at radius 1 is 1.21 bits per heavy atom. The molecule has 0 spiro atoms. The molecule has 1 aliphatic carbocycles. The van der Waals surface area contributed by atoms with Gasteiger partial charge in [0.15, 0.2) is 0 Å². The smallest absolute Gasteiger partial charge is 0.146 e. The Morgan fingerprint density at radius 2 is 1.79 bits per heavy atom. The minimum Gasteiger partial charge on any atom is -0.321 e. The number of rotatable bonds is 5. The first kappa shape index (κ1) is 14.8. The van der Waals surface area contributed by atoms with Gasteiger partial charge in [0.05, 0.1) is 5.02 Å². The molecule has 0 amide bonds. The molecule has 2 N–H and O–H groups in total. The van der Waals surface area contributed by atoms with Crippen LogP contribution in [0.5, 0.6) is 0 Å². The fourth-order valence-corrected chi connectivity index (χ4v) is 4.08. The number of hydrogen-bond acceptors (Lipinski definition) is 1. The third-order valence-corrected chi connectivity index (χ3v) is 4.72. The highest BCUT2D eigenvalue weighted by atomic mass is 35.5. The van der Waals surface area contributed by atoms with Crippen molar-refractivity contribution in [2.75, 3.05) is 0 Å². The monoisotopic (exact) mass is 283 g/mol. The maximum atomic E-state index is 14.1. The third-order valence-electron chi connectivity index (χ3n) is 4.43. The summed E-state index contributed by atoms with van der Waals surface area (Å²) in [6, 6.07) is 5.14. The summed E-state index contributed by atoms with van der Waals surface area (Å²) < 4.78 is 14.1. The summed E-state index contributed by atoms with van der Waals surface area (Å²) in [7, 11) is 0. The van der Waals surface area contributed by atoms with Crippen LogP contribution < -0.4 is 5.73 Å². The standard InChI is InChI=1S/C16H23ClFN/c1-3-8-15(9-4-2)10-16(19,11-15)12-6-5-7-13(17)14(12)18/h5-7H,3-4,8-11,19H2,1-2H3. The van der Waals surface area contributed by atoms with E-state index in [4.69, 9.17) is 17.3 Å². The second-order valence-corrected chi connectivity index (χ2v) is 6.52. The zero-order valence-corrected chi connectivity index (χ0v) is 12.6. The van der Waals surface area contributed by atoms with Crippen molar-refractivity contribution < 1.29 is 4.39 Å². The van der Waals surface area contributed by atoms with Gasteiger partial charge in [0.25, 0.3) is 0 Å². The lowest BCUT2D eigenvalue weighted by molar-refractivity contribution is 0.00427. The molecule has 1 saturated carbocycles. The Morgan fingerprint density at radius 3 is 2.32 bits per heavy atom. The Labute approximate surface area is 120 Å². The lowest BCUT2D eigenvalue weighted by atomic mass is 9.52. The fourth-order valence-electron chi connectivity index (χ4n) is 3.90. The van der Waals surface area contributed by atoms with Crippen LogP contribution in [0.15, 0.2) is 18.2 Å². The Bertz CT molecular complexity index is 444. The van der Waals surface area contributed by atoms with E-state index >= 15 is 0 Å². The number of halogens is 2. The summed E-state index contributed by atoms with van der Waals surface area (Å²) in [5.74, 6) is -0.340. The van der Waals surface area contributed by atoms with Crippen LogP contribution in [0, 0.1) is 11.2 Å². The second kappa shape index (κ2) is 5.41. The van der Waals surface area contributed by atoms with E-state index in [-0.39, 0.29) is 10.8 Å². The van der Waals surface area contributed by atoms with Crippen LogP contribution in [0.3, 0.4) is 0 Å². The fraction of sp³-hybridized carbons (Fsp3) is 0.625. The molecule has 0 unspecified atom stereocenters. The summed E-state index contributed by atoms with van der Waals surface area (Å²) in [4.78, 5) is 0. The number of hydrogen-bond donors (Lipinski definition) is 1. The molecular weight excluding hydrogens is 261 g/mol. The van der Waals surface area contributed by atoms with Crippen LogP contribution >= 0.6 is 11.6 Å². The molecule has 1 aliphatic rings. The maximum Gasteiger partial charge on any atom is 0.146 e. The van der Waals surface area contributed by atoms with Crippen molar-refractivity contribution in [3.05, 3.63) is 34.6 Å². The SMILES string of the molecule is CCCC1(CCC)CC(N)(c2cccc(Cl)c2F)C1. The predicted octanol–water partition coefficient (Wildman–Crippen LogP) is 5.01. The lowest BCUT2D eigenvalue weighted by Gasteiger charge is -2.55. The summed E-state index contributed by atoms with van der Waals surface area (Å²) in [5.41, 5.74) is 6.80. The molecule has 0 radical (unpaired) electrons. The molecule has 1 nitrogen and oxygen atoms in total. The molecule has 0 heterocycles. The Hall–Kier alpha value is -0.600. The molecule has 2 rings (SSSR count). The minimum atomic E-state index is -0.528. The van der Waals surface area contributed by atoms with Crippen molar-refractivity contribution in [2.45, 2.75) is 57.9 Å². The largest absolute Gasteiger partial charge is 0.321 e. The molecule has 0 aromatic heterocycles. The average Bonchev–Trinajstić information content (AvgIpc) is 2.31. The van der Waals surface area contributed by atoms with Gasteiger partial charge in [0.2, 0.25) is 0 Å². The highest BCUT2D eigenvalue weighted by molar-refractivity contribution is 6.30. The highest BCUT2D eigenvalue weighted by Crippen LogP contribution is 2.58. The summed E-state index contributed by atoms with van der Waals surface area (Å²) >= 11 is 5.86. The van der Waals surface area contributed by atoms with Crippen molar-refractivity contribution in [3.8, 4) is 0 Å². The van der Waals surface area contributed by atoms with E-state index in [1.807, 2.05) is 0 Å². The summed E-state index contributed by atoms with van der Waals surface area (Å²) in [5, 5.41) is 0.172. The molecule has 3 heteroatoms. The second-order valence-electron chi connectivity index (χ2n) is 6.11. The van der Waals surface area contributed by atoms with Crippen molar-refractivity contribution >= 4 is 11.6 Å². The van der Waals surface area contributed by atoms with Crippen molar-refractivity contribution in [1.82, 2.24) is 0 Å². The summed E-state index contributed by atoms with van der Waals surface area (Å²) in [6.45, 7) is 4.40. The first-order valence-corrected chi connectivity index (χ1v) is 7.57. The molecule has 1 aromatic carbocycles. The predicted molar refractivity (Wildman–Crippen MR) is 78.8 cm³/mol. The van der Waals surface area contributed by atoms with Crippen LogP contribution in [0.2, 0.25) is 5.02 Å². The maximum absolute atomic E-state index is 14.1. The quantitative estimate of drug-likeness (QED) is 0.807. The Kier molecular flexibility index (Phi) is 4.22. The van der Waals surface area contributed by atoms with Crippen molar-refractivity contribution in [2.24, 2.45) is 11.1 Å². The van der Waals surface area contributed by atoms with Crippen molar-refractivity contribution in [3.63, 3.8) is 0 Å². The van der Waals surface area contributed by atoms with Crippen LogP contribution in [0.1, 0.15) is 57.9 Å². The van der Waals surface area contributed by atoms with Gasteiger partial charge < -0.3 is 5.73 Å². The molecule has 106 valence electrons. The molecule has 0 atom stereocenters. The number of benzene rings is 1. The first-order valence-electron chi connectivity index (χ1n) is 7.20. The summed E-state index contributed by atoms with van der Waals surface area (Å²) in [6.07, 6.45) is 6.43.